The summed E-state index contributed by atoms with van der Waals surface area (Å²) in [6.45, 7) is 0. The molecule has 1 rings (SSSR count). The highest BCUT2D eigenvalue weighted by atomic mass is 13.8. The summed E-state index contributed by atoms with van der Waals surface area (Å²) in [4.78, 5) is 0. The van der Waals surface area contributed by atoms with Gasteiger partial charge in [-0.25, -0.2) is 0 Å². The fourth-order valence-corrected chi connectivity index (χ4v) is 1.07. The van der Waals surface area contributed by atoms with E-state index in [0.717, 1.165) is 12.8 Å². The van der Waals surface area contributed by atoms with Gasteiger partial charge in [0.1, 0.15) is 0 Å². The van der Waals surface area contributed by atoms with Crippen LogP contribution in [0.5, 0.6) is 0 Å². The largest absolute Gasteiger partial charge is 0.121 e. The first-order chi connectivity index (χ1) is 7.50. The Hall–Kier alpha value is -1.78. The van der Waals surface area contributed by atoms with Crippen molar-refractivity contribution in [2.45, 2.75) is 12.8 Å². The fraction of sp³-hybridized carbons (Fsp3) is 0.133. The van der Waals surface area contributed by atoms with Crippen molar-refractivity contribution in [3.05, 3.63) is 78.6 Å². The van der Waals surface area contributed by atoms with Crippen molar-refractivity contribution in [1.29, 1.82) is 0 Å². The summed E-state index contributed by atoms with van der Waals surface area (Å²) >= 11 is 0. The quantitative estimate of drug-likeness (QED) is 0.507. The van der Waals surface area contributed by atoms with E-state index in [0.29, 0.717) is 0 Å². The fourth-order valence-electron chi connectivity index (χ4n) is 1.07. The zero-order valence-electron chi connectivity index (χ0n) is 8.84. The predicted octanol–water partition coefficient (Wildman–Crippen LogP) is 4.27. The van der Waals surface area contributed by atoms with Gasteiger partial charge < -0.3 is 0 Å². The van der Waals surface area contributed by atoms with Gasteiger partial charge in [-0.05, 0) is 25.0 Å². The second-order valence-electron chi connectivity index (χ2n) is 3.09. The van der Waals surface area contributed by atoms with E-state index in [9.17, 15) is 0 Å². The van der Waals surface area contributed by atoms with Gasteiger partial charge >= 0.3 is 0 Å². The monoisotopic (exact) mass is 196 g/mol. The van der Waals surface area contributed by atoms with Crippen molar-refractivity contribution in [3.63, 3.8) is 0 Å². The van der Waals surface area contributed by atoms with Crippen LogP contribution in [0.15, 0.2) is 78.6 Å². The van der Waals surface area contributed by atoms with Crippen LogP contribution in [0, 0.1) is 0 Å². The minimum Gasteiger partial charge on any atom is -0.121 e. The molecule has 0 atom stereocenters. The van der Waals surface area contributed by atoms with Crippen LogP contribution < -0.4 is 0 Å². The molecular formula is C15H16. The Morgan fingerprint density at radius 3 is 1.87 bits per heavy atom. The van der Waals surface area contributed by atoms with Crippen molar-refractivity contribution >= 4 is 0 Å². The van der Waals surface area contributed by atoms with Gasteiger partial charge in [0.25, 0.3) is 0 Å². The second kappa shape index (κ2) is 8.80. The number of hydrogen-bond acceptors (Lipinski definition) is 0. The van der Waals surface area contributed by atoms with Crippen molar-refractivity contribution in [3.8, 4) is 0 Å². The van der Waals surface area contributed by atoms with Gasteiger partial charge in [-0.3, -0.25) is 0 Å². The number of rotatable bonds is 0. The van der Waals surface area contributed by atoms with E-state index in [1.807, 2.05) is 54.7 Å². The zero-order chi connectivity index (χ0) is 10.6. The van der Waals surface area contributed by atoms with E-state index in [4.69, 9.17) is 0 Å². The highest BCUT2D eigenvalue weighted by molar-refractivity contribution is 5.18. The summed E-state index contributed by atoms with van der Waals surface area (Å²) in [7, 11) is 0. The highest BCUT2D eigenvalue weighted by Crippen LogP contribution is 1.94. The molecule has 0 aromatic heterocycles. The molecule has 0 aromatic carbocycles. The lowest BCUT2D eigenvalue weighted by atomic mass is 10.2. The number of allylic oxidation sites excluding steroid dienone is 11. The Morgan fingerprint density at radius 1 is 0.533 bits per heavy atom. The highest BCUT2D eigenvalue weighted by Gasteiger charge is 1.73. The molecule has 0 N–H and O–H groups in total. The molecule has 0 radical (unpaired) electrons. The van der Waals surface area contributed by atoms with Crippen molar-refractivity contribution in [2.75, 3.05) is 0 Å². The van der Waals surface area contributed by atoms with Crippen molar-refractivity contribution in [2.24, 2.45) is 0 Å². The van der Waals surface area contributed by atoms with Crippen LogP contribution >= 0.6 is 0 Å². The van der Waals surface area contributed by atoms with E-state index in [2.05, 4.69) is 24.0 Å². The lowest BCUT2D eigenvalue weighted by molar-refractivity contribution is 1.05. The van der Waals surface area contributed by atoms with Crippen LogP contribution in [0.4, 0.5) is 0 Å². The van der Waals surface area contributed by atoms with Gasteiger partial charge in [-0.1, -0.05) is 60.8 Å². The third-order valence-electron chi connectivity index (χ3n) is 1.82. The molecule has 0 saturated heterocycles. The first-order valence-electron chi connectivity index (χ1n) is 5.23. The Kier molecular flexibility index (Phi) is 6.63. The molecule has 0 aliphatic heterocycles. The molecule has 0 heterocycles. The van der Waals surface area contributed by atoms with Gasteiger partial charge in [-0.2, -0.15) is 0 Å². The van der Waals surface area contributed by atoms with Gasteiger partial charge in [-0.15, -0.1) is 5.73 Å². The van der Waals surface area contributed by atoms with E-state index in [1.54, 1.807) is 0 Å². The maximum atomic E-state index is 3.06. The minimum atomic E-state index is 1.08. The van der Waals surface area contributed by atoms with Gasteiger partial charge in [0.2, 0.25) is 0 Å². The van der Waals surface area contributed by atoms with E-state index < -0.39 is 0 Å². The predicted molar refractivity (Wildman–Crippen MR) is 67.6 cm³/mol. The number of hydrogen-bond donors (Lipinski definition) is 0. The van der Waals surface area contributed by atoms with Crippen molar-refractivity contribution in [1.82, 2.24) is 0 Å². The van der Waals surface area contributed by atoms with Crippen LogP contribution in [0.25, 0.3) is 0 Å². The summed E-state index contributed by atoms with van der Waals surface area (Å²) < 4.78 is 0. The molecule has 0 nitrogen and oxygen atoms in total. The molecule has 0 fully saturated rings. The summed E-state index contributed by atoms with van der Waals surface area (Å²) in [5.74, 6) is 0. The minimum absolute atomic E-state index is 1.08. The maximum absolute atomic E-state index is 3.06. The standard InChI is InChI=1S/C15H16/c1-2-4-6-8-10-12-14-15-13-11-9-7-5-3-1/h1-9,13-15H,10,12H2/b3-1-,4-2-,7-5-,8-6-,15-14-. The molecule has 0 unspecified atom stereocenters. The van der Waals surface area contributed by atoms with Crippen LogP contribution in [0.1, 0.15) is 12.8 Å². The summed E-state index contributed by atoms with van der Waals surface area (Å²) in [6.07, 6.45) is 26.4. The molecular weight excluding hydrogens is 180 g/mol. The molecule has 15 heavy (non-hydrogen) atoms. The maximum Gasteiger partial charge on any atom is -0.0200 e. The lowest BCUT2D eigenvalue weighted by Crippen LogP contribution is -1.62. The lowest BCUT2D eigenvalue weighted by Gasteiger charge is -1.83. The van der Waals surface area contributed by atoms with Crippen molar-refractivity contribution < 1.29 is 0 Å². The topological polar surface area (TPSA) is 0 Å². The Bertz CT molecular complexity index is 353. The van der Waals surface area contributed by atoms with Crippen LogP contribution in [0.2, 0.25) is 0 Å². The smallest absolute Gasteiger partial charge is 0.0200 e. The van der Waals surface area contributed by atoms with Crippen LogP contribution in [0.3, 0.4) is 0 Å². The van der Waals surface area contributed by atoms with Gasteiger partial charge in [0, 0.05) is 0 Å². The molecule has 0 bridgehead atoms. The van der Waals surface area contributed by atoms with Crippen LogP contribution in [-0.4, -0.2) is 0 Å². The SMILES string of the molecule is C1=C\C=C/C=C\C=C/C=C\CC/C=C\C=1. The average molecular weight is 196 g/mol. The van der Waals surface area contributed by atoms with Gasteiger partial charge in [0.05, 0.1) is 0 Å². The van der Waals surface area contributed by atoms with E-state index in [1.165, 1.54) is 0 Å². The average Bonchev–Trinajstić information content (AvgIpc) is 2.27. The molecule has 0 spiro atoms. The second-order valence-corrected chi connectivity index (χ2v) is 3.09. The summed E-state index contributed by atoms with van der Waals surface area (Å²) in [6, 6.07) is 0. The third kappa shape index (κ3) is 7.30. The van der Waals surface area contributed by atoms with Crippen LogP contribution in [-0.2, 0) is 0 Å². The third-order valence-corrected chi connectivity index (χ3v) is 1.82. The Morgan fingerprint density at radius 2 is 1.07 bits per heavy atom. The molecule has 0 saturated carbocycles. The molecule has 1 aliphatic rings. The first kappa shape index (κ1) is 11.3. The Balaban J connectivity index is 2.63. The molecule has 0 aromatic rings. The normalized spacial score (nSPS) is 27.2. The summed E-state index contributed by atoms with van der Waals surface area (Å²) in [5.41, 5.74) is 3.06. The molecule has 76 valence electrons. The molecule has 0 amide bonds. The van der Waals surface area contributed by atoms with E-state index in [-0.39, 0.29) is 0 Å². The molecule has 1 aliphatic carbocycles. The van der Waals surface area contributed by atoms with Gasteiger partial charge in [0.15, 0.2) is 0 Å². The summed E-state index contributed by atoms with van der Waals surface area (Å²) in [5, 5.41) is 0. The first-order valence-corrected chi connectivity index (χ1v) is 5.23. The van der Waals surface area contributed by atoms with E-state index >= 15 is 0 Å². The zero-order valence-corrected chi connectivity index (χ0v) is 8.84. The molecule has 0 heteroatoms. The Labute approximate surface area is 92.0 Å².